The highest BCUT2D eigenvalue weighted by molar-refractivity contribution is 5.88. The van der Waals surface area contributed by atoms with Crippen molar-refractivity contribution in [1.29, 1.82) is 0 Å². The second-order valence-electron chi connectivity index (χ2n) is 7.21. The number of carbonyl (C=O) groups excluding carboxylic acids is 1. The van der Waals surface area contributed by atoms with Crippen LogP contribution in [0.25, 0.3) is 0 Å². The lowest BCUT2D eigenvalue weighted by Gasteiger charge is -2.36. The molecule has 2 aromatic rings. The van der Waals surface area contributed by atoms with E-state index in [4.69, 9.17) is 0 Å². The second kappa shape index (κ2) is 8.84. The fourth-order valence-electron chi connectivity index (χ4n) is 4.03. The van der Waals surface area contributed by atoms with E-state index in [2.05, 4.69) is 59.9 Å². The van der Waals surface area contributed by atoms with Crippen LogP contribution in [0.15, 0.2) is 60.7 Å². The van der Waals surface area contributed by atoms with E-state index in [1.54, 1.807) is 0 Å². The SMILES string of the molecule is O=C(NCCCCc1ccccc1)C1(c2ccccc2)CCCCC1. The second-order valence-corrected chi connectivity index (χ2v) is 7.21. The zero-order valence-electron chi connectivity index (χ0n) is 15.0. The van der Waals surface area contributed by atoms with E-state index < -0.39 is 0 Å². The normalized spacial score (nSPS) is 16.3. The van der Waals surface area contributed by atoms with Crippen LogP contribution in [-0.4, -0.2) is 12.5 Å². The minimum Gasteiger partial charge on any atom is -0.355 e. The summed E-state index contributed by atoms with van der Waals surface area (Å²) in [5, 5.41) is 3.24. The Bertz CT molecular complexity index is 644. The van der Waals surface area contributed by atoms with Crippen molar-refractivity contribution in [2.45, 2.75) is 56.8 Å². The molecule has 1 N–H and O–H groups in total. The van der Waals surface area contributed by atoms with Crippen LogP contribution in [0.3, 0.4) is 0 Å². The van der Waals surface area contributed by atoms with E-state index in [-0.39, 0.29) is 11.3 Å². The smallest absolute Gasteiger partial charge is 0.230 e. The lowest BCUT2D eigenvalue weighted by molar-refractivity contribution is -0.128. The van der Waals surface area contributed by atoms with Crippen molar-refractivity contribution < 1.29 is 4.79 Å². The van der Waals surface area contributed by atoms with Gasteiger partial charge in [-0.15, -0.1) is 0 Å². The van der Waals surface area contributed by atoms with E-state index in [0.29, 0.717) is 0 Å². The maximum Gasteiger partial charge on any atom is 0.230 e. The van der Waals surface area contributed by atoms with Crippen LogP contribution in [0.1, 0.15) is 56.1 Å². The fourth-order valence-corrected chi connectivity index (χ4v) is 4.03. The third-order valence-electron chi connectivity index (χ3n) is 5.49. The first kappa shape index (κ1) is 17.7. The molecule has 1 fully saturated rings. The van der Waals surface area contributed by atoms with Gasteiger partial charge in [-0.2, -0.15) is 0 Å². The van der Waals surface area contributed by atoms with Gasteiger partial charge < -0.3 is 5.32 Å². The van der Waals surface area contributed by atoms with Crippen molar-refractivity contribution in [1.82, 2.24) is 5.32 Å². The van der Waals surface area contributed by atoms with Crippen LogP contribution in [0.2, 0.25) is 0 Å². The summed E-state index contributed by atoms with van der Waals surface area (Å²) >= 11 is 0. The highest BCUT2D eigenvalue weighted by Crippen LogP contribution is 2.39. The maximum absolute atomic E-state index is 13.0. The van der Waals surface area contributed by atoms with Gasteiger partial charge in [0.2, 0.25) is 5.91 Å². The van der Waals surface area contributed by atoms with Crippen molar-refractivity contribution in [2.75, 3.05) is 6.54 Å². The van der Waals surface area contributed by atoms with Crippen molar-refractivity contribution in [3.63, 3.8) is 0 Å². The highest BCUT2D eigenvalue weighted by atomic mass is 16.2. The third-order valence-corrected chi connectivity index (χ3v) is 5.49. The Kier molecular flexibility index (Phi) is 6.27. The number of unbranched alkanes of at least 4 members (excludes halogenated alkanes) is 1. The van der Waals surface area contributed by atoms with E-state index >= 15 is 0 Å². The molecule has 3 rings (SSSR count). The monoisotopic (exact) mass is 335 g/mol. The third kappa shape index (κ3) is 4.50. The average molecular weight is 335 g/mol. The topological polar surface area (TPSA) is 29.1 Å². The summed E-state index contributed by atoms with van der Waals surface area (Å²) in [6, 6.07) is 21.0. The summed E-state index contributed by atoms with van der Waals surface area (Å²) in [4.78, 5) is 13.0. The van der Waals surface area contributed by atoms with Gasteiger partial charge in [0.25, 0.3) is 0 Å². The van der Waals surface area contributed by atoms with Gasteiger partial charge in [-0.3, -0.25) is 4.79 Å². The molecule has 0 radical (unpaired) electrons. The van der Waals surface area contributed by atoms with Crippen LogP contribution in [0.5, 0.6) is 0 Å². The molecule has 0 aromatic heterocycles. The molecule has 1 amide bonds. The number of carbonyl (C=O) groups is 1. The van der Waals surface area contributed by atoms with Gasteiger partial charge in [-0.25, -0.2) is 0 Å². The van der Waals surface area contributed by atoms with Crippen LogP contribution < -0.4 is 5.32 Å². The highest BCUT2D eigenvalue weighted by Gasteiger charge is 2.40. The molecule has 0 spiro atoms. The number of amides is 1. The summed E-state index contributed by atoms with van der Waals surface area (Å²) in [6.07, 6.45) is 8.74. The first-order valence-electron chi connectivity index (χ1n) is 9.69. The zero-order chi connectivity index (χ0) is 17.4. The Hall–Kier alpha value is -2.09. The van der Waals surface area contributed by atoms with Gasteiger partial charge in [0.15, 0.2) is 0 Å². The molecule has 1 saturated carbocycles. The molecule has 0 atom stereocenters. The van der Waals surface area contributed by atoms with Crippen molar-refractivity contribution in [2.24, 2.45) is 0 Å². The van der Waals surface area contributed by atoms with Gasteiger partial charge >= 0.3 is 0 Å². The molecule has 1 aliphatic rings. The summed E-state index contributed by atoms with van der Waals surface area (Å²) < 4.78 is 0. The maximum atomic E-state index is 13.0. The fraction of sp³-hybridized carbons (Fsp3) is 0.435. The van der Waals surface area contributed by atoms with Crippen LogP contribution >= 0.6 is 0 Å². The van der Waals surface area contributed by atoms with Crippen LogP contribution in [0, 0.1) is 0 Å². The number of rotatable bonds is 7. The van der Waals surface area contributed by atoms with Gasteiger partial charge in [-0.1, -0.05) is 79.9 Å². The van der Waals surface area contributed by atoms with E-state index in [1.807, 2.05) is 6.07 Å². The van der Waals surface area contributed by atoms with Crippen LogP contribution in [0.4, 0.5) is 0 Å². The Balaban J connectivity index is 1.53. The molecule has 132 valence electrons. The number of nitrogens with one attached hydrogen (secondary N) is 1. The van der Waals surface area contributed by atoms with Crippen molar-refractivity contribution in [3.05, 3.63) is 71.8 Å². The molecule has 0 saturated heterocycles. The molecule has 0 bridgehead atoms. The summed E-state index contributed by atoms with van der Waals surface area (Å²) in [5.74, 6) is 0.234. The number of hydrogen-bond acceptors (Lipinski definition) is 1. The first-order valence-corrected chi connectivity index (χ1v) is 9.69. The molecule has 0 aliphatic heterocycles. The predicted molar refractivity (Wildman–Crippen MR) is 104 cm³/mol. The minimum atomic E-state index is -0.307. The summed E-state index contributed by atoms with van der Waals surface area (Å²) in [5.41, 5.74) is 2.26. The lowest BCUT2D eigenvalue weighted by Crippen LogP contribution is -2.46. The average Bonchev–Trinajstić information content (AvgIpc) is 2.69. The zero-order valence-corrected chi connectivity index (χ0v) is 15.0. The molecule has 25 heavy (non-hydrogen) atoms. The minimum absolute atomic E-state index is 0.234. The molecule has 1 aliphatic carbocycles. The molecule has 0 unspecified atom stereocenters. The first-order chi connectivity index (χ1) is 12.3. The number of aryl methyl sites for hydroxylation is 1. The van der Waals surface area contributed by atoms with Gasteiger partial charge in [-0.05, 0) is 43.2 Å². The Morgan fingerprint density at radius 1 is 0.840 bits per heavy atom. The number of benzene rings is 2. The van der Waals surface area contributed by atoms with Crippen molar-refractivity contribution >= 4 is 5.91 Å². The standard InChI is InChI=1S/C23H29NO/c25-22(24-19-11-8-14-20-12-4-1-5-13-20)23(17-9-3-10-18-23)21-15-6-2-7-16-21/h1-2,4-7,12-13,15-16H,3,8-11,14,17-19H2,(H,24,25). The Morgan fingerprint density at radius 2 is 1.48 bits per heavy atom. The molecule has 2 aromatic carbocycles. The largest absolute Gasteiger partial charge is 0.355 e. The molecule has 2 nitrogen and oxygen atoms in total. The quantitative estimate of drug-likeness (QED) is 0.707. The molecule has 2 heteroatoms. The molecule has 0 heterocycles. The lowest BCUT2D eigenvalue weighted by atomic mass is 9.68. The number of hydrogen-bond donors (Lipinski definition) is 1. The molecular formula is C23H29NO. The van der Waals surface area contributed by atoms with E-state index in [1.165, 1.54) is 17.5 Å². The Labute approximate surface area is 151 Å². The van der Waals surface area contributed by atoms with Crippen LogP contribution in [-0.2, 0) is 16.6 Å². The van der Waals surface area contributed by atoms with Gasteiger partial charge in [0.05, 0.1) is 5.41 Å². The van der Waals surface area contributed by atoms with E-state index in [0.717, 1.165) is 51.5 Å². The summed E-state index contributed by atoms with van der Waals surface area (Å²) in [7, 11) is 0. The van der Waals surface area contributed by atoms with Crippen molar-refractivity contribution in [3.8, 4) is 0 Å². The summed E-state index contributed by atoms with van der Waals surface area (Å²) in [6.45, 7) is 0.778. The Morgan fingerprint density at radius 3 is 2.16 bits per heavy atom. The predicted octanol–water partition coefficient (Wildman–Crippen LogP) is 5.03. The van der Waals surface area contributed by atoms with Gasteiger partial charge in [0, 0.05) is 6.54 Å². The van der Waals surface area contributed by atoms with Gasteiger partial charge in [0.1, 0.15) is 0 Å². The van der Waals surface area contributed by atoms with E-state index in [9.17, 15) is 4.79 Å². The molecular weight excluding hydrogens is 306 g/mol.